The summed E-state index contributed by atoms with van der Waals surface area (Å²) in [5, 5.41) is 6.93. The summed E-state index contributed by atoms with van der Waals surface area (Å²) < 4.78 is 10.6. The number of nitrogens with one attached hydrogen (secondary N) is 2. The highest BCUT2D eigenvalue weighted by atomic mass is 16.5. The van der Waals surface area contributed by atoms with Crippen molar-refractivity contribution >= 4 is 11.4 Å². The Kier molecular flexibility index (Phi) is 6.15. The number of hydrogen-bond donors (Lipinski definition) is 2. The van der Waals surface area contributed by atoms with Gasteiger partial charge in [0.15, 0.2) is 0 Å². The molecule has 0 spiro atoms. The molecule has 0 heterocycles. The Morgan fingerprint density at radius 3 is 2.43 bits per heavy atom. The summed E-state index contributed by atoms with van der Waals surface area (Å²) in [6.07, 6.45) is 1.03. The first-order valence-electron chi connectivity index (χ1n) is 7.97. The predicted octanol–water partition coefficient (Wildman–Crippen LogP) is 4.10. The summed E-state index contributed by atoms with van der Waals surface area (Å²) >= 11 is 0. The molecule has 0 radical (unpaired) electrons. The quantitative estimate of drug-likeness (QED) is 0.720. The van der Waals surface area contributed by atoms with Crippen LogP contribution in [0.4, 0.5) is 11.4 Å². The molecular weight excluding hydrogens is 288 g/mol. The third kappa shape index (κ3) is 4.31. The fourth-order valence-electron chi connectivity index (χ4n) is 2.61. The molecule has 4 nitrogen and oxygen atoms in total. The maximum Gasteiger partial charge on any atom is 0.142 e. The van der Waals surface area contributed by atoms with Crippen LogP contribution >= 0.6 is 0 Å². The maximum atomic E-state index is 5.38. The predicted molar refractivity (Wildman–Crippen MR) is 97.1 cm³/mol. The molecule has 0 aromatic heterocycles. The van der Waals surface area contributed by atoms with Crippen LogP contribution in [0.15, 0.2) is 36.4 Å². The van der Waals surface area contributed by atoms with E-state index in [0.29, 0.717) is 0 Å². The minimum Gasteiger partial charge on any atom is -0.497 e. The molecule has 0 saturated heterocycles. The summed E-state index contributed by atoms with van der Waals surface area (Å²) in [4.78, 5) is 0. The minimum atomic E-state index is 0.793. The fourth-order valence-corrected chi connectivity index (χ4v) is 2.61. The van der Waals surface area contributed by atoms with Gasteiger partial charge < -0.3 is 20.1 Å². The molecule has 0 aliphatic rings. The summed E-state index contributed by atoms with van der Waals surface area (Å²) in [6.45, 7) is 5.94. The van der Waals surface area contributed by atoms with Crippen LogP contribution in [0.25, 0.3) is 0 Å². The minimum absolute atomic E-state index is 0.793. The molecule has 2 N–H and O–H groups in total. The number of methoxy groups -OCH3 is 2. The average molecular weight is 314 g/mol. The van der Waals surface area contributed by atoms with Gasteiger partial charge in [0, 0.05) is 24.8 Å². The lowest BCUT2D eigenvalue weighted by Crippen LogP contribution is -2.15. The van der Waals surface area contributed by atoms with Crippen molar-refractivity contribution in [1.82, 2.24) is 0 Å². The van der Waals surface area contributed by atoms with E-state index in [4.69, 9.17) is 9.47 Å². The van der Waals surface area contributed by atoms with Crippen molar-refractivity contribution in [2.45, 2.75) is 20.3 Å². The van der Waals surface area contributed by atoms with Crippen molar-refractivity contribution in [1.29, 1.82) is 0 Å². The second-order valence-corrected chi connectivity index (χ2v) is 5.38. The second-order valence-electron chi connectivity index (χ2n) is 5.38. The van der Waals surface area contributed by atoms with Gasteiger partial charge in [0.1, 0.15) is 11.5 Å². The molecule has 23 heavy (non-hydrogen) atoms. The molecule has 2 aromatic rings. The molecule has 2 aromatic carbocycles. The van der Waals surface area contributed by atoms with Crippen LogP contribution < -0.4 is 20.1 Å². The number of benzene rings is 2. The van der Waals surface area contributed by atoms with Gasteiger partial charge in [-0.2, -0.15) is 0 Å². The third-order valence-electron chi connectivity index (χ3n) is 3.89. The Labute approximate surface area is 138 Å². The van der Waals surface area contributed by atoms with Gasteiger partial charge in [-0.1, -0.05) is 25.1 Å². The smallest absolute Gasteiger partial charge is 0.142 e. The molecule has 4 heteroatoms. The second kappa shape index (κ2) is 8.32. The molecule has 0 atom stereocenters. The highest BCUT2D eigenvalue weighted by Crippen LogP contribution is 2.28. The number of para-hydroxylation sites is 1. The molecule has 0 amide bonds. The lowest BCUT2D eigenvalue weighted by Gasteiger charge is -2.16. The Balaban J connectivity index is 1.96. The Hall–Kier alpha value is -2.36. The Morgan fingerprint density at radius 1 is 0.957 bits per heavy atom. The lowest BCUT2D eigenvalue weighted by atomic mass is 10.1. The molecular formula is C19H26N2O2. The van der Waals surface area contributed by atoms with E-state index >= 15 is 0 Å². The SMILES string of the molecule is CCc1cccc(C)c1NCCNc1cc(OC)ccc1OC. The first-order chi connectivity index (χ1) is 11.2. The first-order valence-corrected chi connectivity index (χ1v) is 7.97. The molecule has 2 rings (SSSR count). The van der Waals surface area contributed by atoms with E-state index in [1.54, 1.807) is 14.2 Å². The number of anilines is 2. The maximum absolute atomic E-state index is 5.38. The summed E-state index contributed by atoms with van der Waals surface area (Å²) in [5.41, 5.74) is 4.82. The number of aryl methyl sites for hydroxylation is 2. The van der Waals surface area contributed by atoms with Gasteiger partial charge in [0.2, 0.25) is 0 Å². The van der Waals surface area contributed by atoms with Crippen LogP contribution in [0.2, 0.25) is 0 Å². The van der Waals surface area contributed by atoms with Gasteiger partial charge in [0.25, 0.3) is 0 Å². The number of hydrogen-bond acceptors (Lipinski definition) is 4. The molecule has 0 fully saturated rings. The number of ether oxygens (including phenoxy) is 2. The van der Waals surface area contributed by atoms with E-state index in [2.05, 4.69) is 42.7 Å². The van der Waals surface area contributed by atoms with Crippen LogP contribution in [-0.2, 0) is 6.42 Å². The van der Waals surface area contributed by atoms with E-state index in [1.807, 2.05) is 18.2 Å². The van der Waals surface area contributed by atoms with Gasteiger partial charge >= 0.3 is 0 Å². The molecule has 0 bridgehead atoms. The van der Waals surface area contributed by atoms with Crippen LogP contribution in [0.1, 0.15) is 18.1 Å². The largest absolute Gasteiger partial charge is 0.497 e. The van der Waals surface area contributed by atoms with Crippen LogP contribution in [0.5, 0.6) is 11.5 Å². The average Bonchev–Trinajstić information content (AvgIpc) is 2.59. The summed E-state index contributed by atoms with van der Waals surface area (Å²) in [7, 11) is 3.34. The van der Waals surface area contributed by atoms with Crippen molar-refractivity contribution in [2.24, 2.45) is 0 Å². The van der Waals surface area contributed by atoms with Crippen molar-refractivity contribution in [3.05, 3.63) is 47.5 Å². The van der Waals surface area contributed by atoms with Gasteiger partial charge in [0.05, 0.1) is 19.9 Å². The molecule has 0 aliphatic carbocycles. The van der Waals surface area contributed by atoms with E-state index in [1.165, 1.54) is 16.8 Å². The van der Waals surface area contributed by atoms with E-state index in [-0.39, 0.29) is 0 Å². The van der Waals surface area contributed by atoms with Gasteiger partial charge in [-0.05, 0) is 36.6 Å². The third-order valence-corrected chi connectivity index (χ3v) is 3.89. The van der Waals surface area contributed by atoms with Gasteiger partial charge in [-0.25, -0.2) is 0 Å². The Bertz CT molecular complexity index is 641. The normalized spacial score (nSPS) is 10.3. The zero-order valence-corrected chi connectivity index (χ0v) is 14.4. The highest BCUT2D eigenvalue weighted by Gasteiger charge is 2.06. The molecule has 0 unspecified atom stereocenters. The first kappa shape index (κ1) is 17.0. The van der Waals surface area contributed by atoms with Gasteiger partial charge in [-0.15, -0.1) is 0 Å². The molecule has 124 valence electrons. The van der Waals surface area contributed by atoms with Gasteiger partial charge in [-0.3, -0.25) is 0 Å². The van der Waals surface area contributed by atoms with Crippen molar-refractivity contribution < 1.29 is 9.47 Å². The van der Waals surface area contributed by atoms with Crippen LogP contribution in [0.3, 0.4) is 0 Å². The van der Waals surface area contributed by atoms with E-state index < -0.39 is 0 Å². The standard InChI is InChI=1S/C19H26N2O2/c1-5-15-8-6-7-14(2)19(15)21-12-11-20-17-13-16(22-3)9-10-18(17)23-4/h6-10,13,20-21H,5,11-12H2,1-4H3. The Morgan fingerprint density at radius 2 is 1.74 bits per heavy atom. The zero-order chi connectivity index (χ0) is 16.7. The summed E-state index contributed by atoms with van der Waals surface area (Å²) in [6, 6.07) is 12.2. The zero-order valence-electron chi connectivity index (χ0n) is 14.4. The molecule has 0 aliphatic heterocycles. The van der Waals surface area contributed by atoms with Crippen LogP contribution in [-0.4, -0.2) is 27.3 Å². The van der Waals surface area contributed by atoms with E-state index in [0.717, 1.165) is 36.7 Å². The van der Waals surface area contributed by atoms with Crippen molar-refractivity contribution in [2.75, 3.05) is 37.9 Å². The van der Waals surface area contributed by atoms with Crippen molar-refractivity contribution in [3.63, 3.8) is 0 Å². The fraction of sp³-hybridized carbons (Fsp3) is 0.368. The lowest BCUT2D eigenvalue weighted by molar-refractivity contribution is 0.404. The summed E-state index contributed by atoms with van der Waals surface area (Å²) in [5.74, 6) is 1.63. The number of rotatable bonds is 8. The van der Waals surface area contributed by atoms with Crippen molar-refractivity contribution in [3.8, 4) is 11.5 Å². The topological polar surface area (TPSA) is 42.5 Å². The molecule has 0 saturated carbocycles. The van der Waals surface area contributed by atoms with Crippen LogP contribution in [0, 0.1) is 6.92 Å². The highest BCUT2D eigenvalue weighted by molar-refractivity contribution is 5.60. The monoisotopic (exact) mass is 314 g/mol. The van der Waals surface area contributed by atoms with E-state index in [9.17, 15) is 0 Å².